The lowest BCUT2D eigenvalue weighted by atomic mass is 10.2. The van der Waals surface area contributed by atoms with Crippen molar-refractivity contribution in [3.8, 4) is 5.75 Å². The van der Waals surface area contributed by atoms with E-state index in [0.717, 1.165) is 17.1 Å². The molecular formula is C15H17NO3. The van der Waals surface area contributed by atoms with Crippen molar-refractivity contribution in [1.82, 2.24) is 5.32 Å². The first-order valence-electron chi connectivity index (χ1n) is 6.08. The van der Waals surface area contributed by atoms with Crippen molar-refractivity contribution in [2.24, 2.45) is 0 Å². The number of amides is 1. The van der Waals surface area contributed by atoms with E-state index in [1.165, 1.54) is 0 Å². The lowest BCUT2D eigenvalue weighted by Crippen LogP contribution is -2.22. The summed E-state index contributed by atoms with van der Waals surface area (Å²) < 4.78 is 10.5. The van der Waals surface area contributed by atoms with Gasteiger partial charge in [-0.1, -0.05) is 12.1 Å². The van der Waals surface area contributed by atoms with Crippen LogP contribution in [0.3, 0.4) is 0 Å². The zero-order valence-electron chi connectivity index (χ0n) is 11.3. The lowest BCUT2D eigenvalue weighted by molar-refractivity contribution is 0.0949. The van der Waals surface area contributed by atoms with Gasteiger partial charge in [0.15, 0.2) is 0 Å². The van der Waals surface area contributed by atoms with Crippen LogP contribution in [-0.4, -0.2) is 13.0 Å². The molecular weight excluding hydrogens is 242 g/mol. The molecule has 4 nitrogen and oxygen atoms in total. The Hall–Kier alpha value is -2.23. The number of carbonyl (C=O) groups is 1. The van der Waals surface area contributed by atoms with Crippen molar-refractivity contribution in [2.75, 3.05) is 7.11 Å². The molecule has 0 aliphatic rings. The minimum absolute atomic E-state index is 0.128. The molecule has 1 heterocycles. The van der Waals surface area contributed by atoms with Crippen LogP contribution in [0.25, 0.3) is 0 Å². The minimum Gasteiger partial charge on any atom is -0.497 e. The summed E-state index contributed by atoms with van der Waals surface area (Å²) in [5.41, 5.74) is 1.57. The first-order valence-corrected chi connectivity index (χ1v) is 6.08. The second-order valence-corrected chi connectivity index (χ2v) is 4.36. The molecule has 19 heavy (non-hydrogen) atoms. The van der Waals surface area contributed by atoms with Crippen LogP contribution in [0.1, 0.15) is 27.4 Å². The van der Waals surface area contributed by atoms with Crippen LogP contribution in [0.5, 0.6) is 5.75 Å². The van der Waals surface area contributed by atoms with Gasteiger partial charge < -0.3 is 14.5 Å². The second-order valence-electron chi connectivity index (χ2n) is 4.36. The van der Waals surface area contributed by atoms with E-state index >= 15 is 0 Å². The predicted octanol–water partition coefficient (Wildman–Crippen LogP) is 2.84. The molecule has 0 radical (unpaired) electrons. The molecule has 1 amide bonds. The molecule has 2 rings (SSSR count). The molecule has 0 atom stereocenters. The average Bonchev–Trinajstić information content (AvgIpc) is 2.75. The van der Waals surface area contributed by atoms with Gasteiger partial charge in [-0.05, 0) is 37.6 Å². The first-order chi connectivity index (χ1) is 9.10. The topological polar surface area (TPSA) is 51.5 Å². The van der Waals surface area contributed by atoms with Crippen molar-refractivity contribution in [3.63, 3.8) is 0 Å². The van der Waals surface area contributed by atoms with Crippen LogP contribution < -0.4 is 10.1 Å². The number of benzene rings is 1. The van der Waals surface area contributed by atoms with Gasteiger partial charge in [-0.15, -0.1) is 0 Å². The van der Waals surface area contributed by atoms with Crippen LogP contribution >= 0.6 is 0 Å². The van der Waals surface area contributed by atoms with E-state index in [1.807, 2.05) is 31.2 Å². The van der Waals surface area contributed by atoms with Gasteiger partial charge in [-0.25, -0.2) is 0 Å². The van der Waals surface area contributed by atoms with E-state index in [9.17, 15) is 4.79 Å². The number of furan rings is 1. The molecule has 0 spiro atoms. The maximum Gasteiger partial charge on any atom is 0.255 e. The van der Waals surface area contributed by atoms with Crippen LogP contribution in [0.15, 0.2) is 34.7 Å². The van der Waals surface area contributed by atoms with E-state index < -0.39 is 0 Å². The smallest absolute Gasteiger partial charge is 0.255 e. The van der Waals surface area contributed by atoms with Gasteiger partial charge in [0, 0.05) is 6.54 Å². The molecule has 2 aromatic rings. The summed E-state index contributed by atoms with van der Waals surface area (Å²) in [6.45, 7) is 4.07. The Morgan fingerprint density at radius 2 is 2.11 bits per heavy atom. The highest BCUT2D eigenvalue weighted by molar-refractivity contribution is 5.95. The van der Waals surface area contributed by atoms with E-state index in [1.54, 1.807) is 20.1 Å². The van der Waals surface area contributed by atoms with Crippen LogP contribution in [-0.2, 0) is 6.54 Å². The molecule has 1 N–H and O–H groups in total. The Kier molecular flexibility index (Phi) is 3.90. The Morgan fingerprint density at radius 3 is 2.74 bits per heavy atom. The van der Waals surface area contributed by atoms with E-state index in [-0.39, 0.29) is 5.91 Å². The molecule has 4 heteroatoms. The third-order valence-corrected chi connectivity index (χ3v) is 2.87. The molecule has 0 saturated carbocycles. The average molecular weight is 259 g/mol. The fraction of sp³-hybridized carbons (Fsp3) is 0.267. The van der Waals surface area contributed by atoms with E-state index in [0.29, 0.717) is 17.9 Å². The maximum absolute atomic E-state index is 12.0. The Bertz CT molecular complexity index is 587. The number of ether oxygens (including phenoxy) is 1. The van der Waals surface area contributed by atoms with Crippen molar-refractivity contribution in [3.05, 3.63) is 53.0 Å². The highest BCUT2D eigenvalue weighted by Crippen LogP contribution is 2.15. The molecule has 0 bridgehead atoms. The van der Waals surface area contributed by atoms with Gasteiger partial charge in [0.05, 0.1) is 12.7 Å². The maximum atomic E-state index is 12.0. The number of aryl methyl sites for hydroxylation is 2. The van der Waals surface area contributed by atoms with Crippen molar-refractivity contribution in [1.29, 1.82) is 0 Å². The monoisotopic (exact) mass is 259 g/mol. The minimum atomic E-state index is -0.128. The van der Waals surface area contributed by atoms with E-state index in [2.05, 4.69) is 5.32 Å². The SMILES string of the molecule is COc1cccc(CNC(=O)c2cc(C)oc2C)c1. The van der Waals surface area contributed by atoms with Gasteiger partial charge in [-0.2, -0.15) is 0 Å². The highest BCUT2D eigenvalue weighted by Gasteiger charge is 2.12. The number of nitrogens with one attached hydrogen (secondary N) is 1. The Labute approximate surface area is 112 Å². The number of rotatable bonds is 4. The van der Waals surface area contributed by atoms with Gasteiger partial charge >= 0.3 is 0 Å². The standard InChI is InChI=1S/C15H17NO3/c1-10-7-14(11(2)19-10)15(17)16-9-12-5-4-6-13(8-12)18-3/h4-8H,9H2,1-3H3,(H,16,17). The van der Waals surface area contributed by atoms with Crippen molar-refractivity contribution >= 4 is 5.91 Å². The van der Waals surface area contributed by atoms with Gasteiger partial charge in [-0.3, -0.25) is 4.79 Å². The molecule has 1 aromatic heterocycles. The summed E-state index contributed by atoms with van der Waals surface area (Å²) in [5.74, 6) is 2.03. The number of hydrogen-bond acceptors (Lipinski definition) is 3. The van der Waals surface area contributed by atoms with E-state index in [4.69, 9.17) is 9.15 Å². The van der Waals surface area contributed by atoms with Crippen molar-refractivity contribution < 1.29 is 13.9 Å². The van der Waals surface area contributed by atoms with Crippen molar-refractivity contribution in [2.45, 2.75) is 20.4 Å². The summed E-state index contributed by atoms with van der Waals surface area (Å²) in [7, 11) is 1.62. The van der Waals surface area contributed by atoms with Gasteiger partial charge in [0.2, 0.25) is 0 Å². The Morgan fingerprint density at radius 1 is 1.32 bits per heavy atom. The lowest BCUT2D eigenvalue weighted by Gasteiger charge is -2.06. The summed E-state index contributed by atoms with van der Waals surface area (Å²) in [6, 6.07) is 9.35. The van der Waals surface area contributed by atoms with Crippen LogP contribution in [0.4, 0.5) is 0 Å². The molecule has 0 saturated heterocycles. The second kappa shape index (κ2) is 5.61. The quantitative estimate of drug-likeness (QED) is 0.918. The summed E-state index contributed by atoms with van der Waals surface area (Å²) >= 11 is 0. The zero-order valence-corrected chi connectivity index (χ0v) is 11.3. The number of methoxy groups -OCH3 is 1. The third kappa shape index (κ3) is 3.16. The van der Waals surface area contributed by atoms with Gasteiger partial charge in [0.25, 0.3) is 5.91 Å². The third-order valence-electron chi connectivity index (χ3n) is 2.87. The molecule has 0 fully saturated rings. The van der Waals surface area contributed by atoms with Crippen LogP contribution in [0, 0.1) is 13.8 Å². The number of hydrogen-bond donors (Lipinski definition) is 1. The summed E-state index contributed by atoms with van der Waals surface area (Å²) in [6.07, 6.45) is 0. The molecule has 100 valence electrons. The normalized spacial score (nSPS) is 10.3. The largest absolute Gasteiger partial charge is 0.497 e. The highest BCUT2D eigenvalue weighted by atomic mass is 16.5. The Balaban J connectivity index is 2.02. The molecule has 0 unspecified atom stereocenters. The molecule has 0 aliphatic carbocycles. The first kappa shape index (κ1) is 13.2. The predicted molar refractivity (Wildman–Crippen MR) is 72.3 cm³/mol. The fourth-order valence-corrected chi connectivity index (χ4v) is 1.92. The molecule has 1 aromatic carbocycles. The zero-order chi connectivity index (χ0) is 13.8. The summed E-state index contributed by atoms with van der Waals surface area (Å²) in [5, 5.41) is 2.87. The number of carbonyl (C=O) groups excluding carboxylic acids is 1. The molecule has 0 aliphatic heterocycles. The summed E-state index contributed by atoms with van der Waals surface area (Å²) in [4.78, 5) is 12.0. The fourth-order valence-electron chi connectivity index (χ4n) is 1.92. The van der Waals surface area contributed by atoms with Crippen LogP contribution in [0.2, 0.25) is 0 Å². The van der Waals surface area contributed by atoms with Gasteiger partial charge in [0.1, 0.15) is 17.3 Å².